The van der Waals surface area contributed by atoms with E-state index in [0.717, 1.165) is 27.2 Å². The number of halogens is 1. The summed E-state index contributed by atoms with van der Waals surface area (Å²) in [5, 5.41) is 3.11. The van der Waals surface area contributed by atoms with Crippen LogP contribution in [-0.4, -0.2) is 19.1 Å². The highest BCUT2D eigenvalue weighted by Crippen LogP contribution is 2.40. The van der Waals surface area contributed by atoms with Gasteiger partial charge in [0.15, 0.2) is 6.10 Å². The van der Waals surface area contributed by atoms with E-state index < -0.39 is 6.10 Å². The highest BCUT2D eigenvalue weighted by Gasteiger charge is 2.32. The number of ether oxygens (including phenoxy) is 1. The molecule has 1 unspecified atom stereocenters. The number of nitrogens with one attached hydrogen (secondary N) is 1. The molecule has 0 fully saturated rings. The number of fused-ring (bicyclic) bond motifs is 1. The van der Waals surface area contributed by atoms with E-state index in [1.807, 2.05) is 49.5 Å². The fourth-order valence-electron chi connectivity index (χ4n) is 2.55. The van der Waals surface area contributed by atoms with Gasteiger partial charge in [0.05, 0.1) is 17.9 Å². The Labute approximate surface area is 138 Å². The SMILES string of the molecule is CNc1cc2c(cc1Br)N(Cc1ccccc1)C(=O)C(C)O2. The molecule has 1 heterocycles. The van der Waals surface area contributed by atoms with Gasteiger partial charge in [0, 0.05) is 17.6 Å². The van der Waals surface area contributed by atoms with Crippen LogP contribution in [0.1, 0.15) is 12.5 Å². The number of benzene rings is 2. The van der Waals surface area contributed by atoms with Gasteiger partial charge in [-0.2, -0.15) is 0 Å². The summed E-state index contributed by atoms with van der Waals surface area (Å²) in [6.07, 6.45) is -0.484. The average molecular weight is 361 g/mol. The van der Waals surface area contributed by atoms with Gasteiger partial charge in [0.2, 0.25) is 0 Å². The summed E-state index contributed by atoms with van der Waals surface area (Å²) in [4.78, 5) is 14.3. The lowest BCUT2D eigenvalue weighted by atomic mass is 10.1. The number of carbonyl (C=O) groups is 1. The molecule has 114 valence electrons. The second-order valence-electron chi connectivity index (χ2n) is 5.22. The molecule has 4 nitrogen and oxygen atoms in total. The lowest BCUT2D eigenvalue weighted by Crippen LogP contribution is -2.44. The van der Waals surface area contributed by atoms with Gasteiger partial charge in [-0.1, -0.05) is 30.3 Å². The van der Waals surface area contributed by atoms with E-state index in [4.69, 9.17) is 4.74 Å². The zero-order valence-corrected chi connectivity index (χ0v) is 14.1. The molecule has 1 aliphatic rings. The van der Waals surface area contributed by atoms with E-state index in [9.17, 15) is 4.79 Å². The number of carbonyl (C=O) groups excluding carboxylic acids is 1. The minimum atomic E-state index is -0.484. The van der Waals surface area contributed by atoms with Crippen LogP contribution in [0, 0.1) is 0 Å². The first kappa shape index (κ1) is 14.9. The maximum absolute atomic E-state index is 12.5. The molecule has 1 N–H and O–H groups in total. The fraction of sp³-hybridized carbons (Fsp3) is 0.235. The van der Waals surface area contributed by atoms with E-state index in [1.165, 1.54) is 0 Å². The van der Waals surface area contributed by atoms with Crippen molar-refractivity contribution in [3.8, 4) is 5.75 Å². The summed E-state index contributed by atoms with van der Waals surface area (Å²) in [6, 6.07) is 13.8. The normalized spacial score (nSPS) is 17.0. The molecule has 2 aromatic carbocycles. The lowest BCUT2D eigenvalue weighted by molar-refractivity contribution is -0.125. The molecule has 1 atom stereocenters. The molecule has 0 bridgehead atoms. The van der Waals surface area contributed by atoms with Crippen LogP contribution in [0.25, 0.3) is 0 Å². The highest BCUT2D eigenvalue weighted by atomic mass is 79.9. The van der Waals surface area contributed by atoms with Crippen LogP contribution in [0.15, 0.2) is 46.9 Å². The van der Waals surface area contributed by atoms with E-state index in [1.54, 1.807) is 11.8 Å². The van der Waals surface area contributed by atoms with Crippen LogP contribution in [0.4, 0.5) is 11.4 Å². The lowest BCUT2D eigenvalue weighted by Gasteiger charge is -2.33. The van der Waals surface area contributed by atoms with Gasteiger partial charge in [-0.05, 0) is 34.5 Å². The van der Waals surface area contributed by atoms with Crippen molar-refractivity contribution >= 4 is 33.2 Å². The summed E-state index contributed by atoms with van der Waals surface area (Å²) in [6.45, 7) is 2.32. The summed E-state index contributed by atoms with van der Waals surface area (Å²) in [7, 11) is 1.85. The standard InChI is InChI=1S/C17H17BrN2O2/c1-11-17(21)20(10-12-6-4-3-5-7-12)15-8-13(18)14(19-2)9-16(15)22-11/h3-9,11,19H,10H2,1-2H3. The number of anilines is 2. The van der Waals surface area contributed by atoms with Gasteiger partial charge >= 0.3 is 0 Å². The minimum absolute atomic E-state index is 0.0274. The van der Waals surface area contributed by atoms with Crippen molar-refractivity contribution in [1.29, 1.82) is 0 Å². The third kappa shape index (κ3) is 2.68. The van der Waals surface area contributed by atoms with Crippen molar-refractivity contribution in [1.82, 2.24) is 0 Å². The quantitative estimate of drug-likeness (QED) is 0.904. The first-order valence-electron chi connectivity index (χ1n) is 7.13. The molecule has 0 saturated carbocycles. The number of rotatable bonds is 3. The van der Waals surface area contributed by atoms with Gasteiger partial charge in [-0.15, -0.1) is 0 Å². The van der Waals surface area contributed by atoms with Crippen molar-refractivity contribution in [2.75, 3.05) is 17.3 Å². The molecular formula is C17H17BrN2O2. The molecule has 5 heteroatoms. The van der Waals surface area contributed by atoms with Crippen LogP contribution >= 0.6 is 15.9 Å². The van der Waals surface area contributed by atoms with E-state index in [0.29, 0.717) is 6.54 Å². The van der Waals surface area contributed by atoms with Gasteiger partial charge < -0.3 is 15.0 Å². The molecule has 0 spiro atoms. The molecule has 1 aliphatic heterocycles. The van der Waals surface area contributed by atoms with Crippen molar-refractivity contribution in [3.05, 3.63) is 52.5 Å². The zero-order chi connectivity index (χ0) is 15.7. The fourth-order valence-corrected chi connectivity index (χ4v) is 3.08. The van der Waals surface area contributed by atoms with Crippen LogP contribution in [0.2, 0.25) is 0 Å². The van der Waals surface area contributed by atoms with E-state index in [2.05, 4.69) is 21.2 Å². The largest absolute Gasteiger partial charge is 0.479 e. The number of nitrogens with zero attached hydrogens (tertiary/aromatic N) is 1. The molecule has 1 amide bonds. The van der Waals surface area contributed by atoms with E-state index >= 15 is 0 Å². The summed E-state index contributed by atoms with van der Waals surface area (Å²) in [5.41, 5.74) is 2.81. The molecule has 0 aliphatic carbocycles. The first-order valence-corrected chi connectivity index (χ1v) is 7.92. The second kappa shape index (κ2) is 6.01. The predicted molar refractivity (Wildman–Crippen MR) is 91.4 cm³/mol. The second-order valence-corrected chi connectivity index (χ2v) is 6.07. The van der Waals surface area contributed by atoms with Gasteiger partial charge in [0.25, 0.3) is 5.91 Å². The van der Waals surface area contributed by atoms with Crippen molar-refractivity contribution in [2.45, 2.75) is 19.6 Å². The number of hydrogen-bond acceptors (Lipinski definition) is 3. The maximum atomic E-state index is 12.5. The Bertz CT molecular complexity index is 703. The van der Waals surface area contributed by atoms with Crippen LogP contribution in [0.3, 0.4) is 0 Å². The molecule has 0 saturated heterocycles. The number of amides is 1. The van der Waals surface area contributed by atoms with Gasteiger partial charge in [0.1, 0.15) is 5.75 Å². The van der Waals surface area contributed by atoms with Crippen LogP contribution < -0.4 is 15.0 Å². The topological polar surface area (TPSA) is 41.6 Å². The van der Waals surface area contributed by atoms with Crippen molar-refractivity contribution < 1.29 is 9.53 Å². The Morgan fingerprint density at radius 1 is 1.27 bits per heavy atom. The summed E-state index contributed by atoms with van der Waals surface area (Å²) >= 11 is 3.53. The first-order chi connectivity index (χ1) is 10.6. The van der Waals surface area contributed by atoms with Gasteiger partial charge in [-0.25, -0.2) is 0 Å². The Morgan fingerprint density at radius 2 is 2.00 bits per heavy atom. The zero-order valence-electron chi connectivity index (χ0n) is 12.5. The molecule has 3 rings (SSSR count). The van der Waals surface area contributed by atoms with E-state index in [-0.39, 0.29) is 5.91 Å². The minimum Gasteiger partial charge on any atom is -0.479 e. The Hall–Kier alpha value is -2.01. The monoisotopic (exact) mass is 360 g/mol. The van der Waals surface area contributed by atoms with Crippen molar-refractivity contribution in [2.24, 2.45) is 0 Å². The molecule has 0 aromatic heterocycles. The number of hydrogen-bond donors (Lipinski definition) is 1. The molecule has 22 heavy (non-hydrogen) atoms. The Kier molecular flexibility index (Phi) is 4.07. The molecule has 0 radical (unpaired) electrons. The molecule has 2 aromatic rings. The highest BCUT2D eigenvalue weighted by molar-refractivity contribution is 9.10. The van der Waals surface area contributed by atoms with Crippen LogP contribution in [-0.2, 0) is 11.3 Å². The van der Waals surface area contributed by atoms with Gasteiger partial charge in [-0.3, -0.25) is 4.79 Å². The molecular weight excluding hydrogens is 344 g/mol. The Balaban J connectivity index is 2.03. The Morgan fingerprint density at radius 3 is 2.68 bits per heavy atom. The predicted octanol–water partition coefficient (Wildman–Crippen LogP) is 3.80. The average Bonchev–Trinajstić information content (AvgIpc) is 2.53. The summed E-state index contributed by atoms with van der Waals surface area (Å²) < 4.78 is 6.66. The maximum Gasteiger partial charge on any atom is 0.268 e. The van der Waals surface area contributed by atoms with Crippen molar-refractivity contribution in [3.63, 3.8) is 0 Å². The summed E-state index contributed by atoms with van der Waals surface area (Å²) in [5.74, 6) is 0.691. The third-order valence-corrected chi connectivity index (χ3v) is 4.37. The third-order valence-electron chi connectivity index (χ3n) is 3.71. The smallest absolute Gasteiger partial charge is 0.268 e. The van der Waals surface area contributed by atoms with Crippen LogP contribution in [0.5, 0.6) is 5.75 Å².